The highest BCUT2D eigenvalue weighted by molar-refractivity contribution is 5.96. The van der Waals surface area contributed by atoms with E-state index >= 15 is 0 Å². The Kier molecular flexibility index (Phi) is 6.89. The Labute approximate surface area is 184 Å². The molecule has 1 atom stereocenters. The van der Waals surface area contributed by atoms with E-state index in [2.05, 4.69) is 15.3 Å². The van der Waals surface area contributed by atoms with Crippen molar-refractivity contribution >= 4 is 24.0 Å². The molecule has 166 valence electrons. The number of imidazole rings is 1. The molecule has 4 rings (SSSR count). The summed E-state index contributed by atoms with van der Waals surface area (Å²) in [7, 11) is 0. The number of carbonyl (C=O) groups is 3. The molecule has 0 aliphatic carbocycles. The highest BCUT2D eigenvalue weighted by Gasteiger charge is 2.32. The number of carbonyl (C=O) groups excluding carboxylic acids is 2. The summed E-state index contributed by atoms with van der Waals surface area (Å²) < 4.78 is 0. The molecule has 0 saturated carbocycles. The number of phenols is 1. The molecule has 1 aromatic heterocycles. The second-order valence-electron chi connectivity index (χ2n) is 7.42. The van der Waals surface area contributed by atoms with Crippen molar-refractivity contribution in [2.45, 2.75) is 26.3 Å². The van der Waals surface area contributed by atoms with Gasteiger partial charge in [-0.2, -0.15) is 0 Å². The Hall–Kier alpha value is -4.14. The molecular formula is C23H24N4O5. The third-order valence-electron chi connectivity index (χ3n) is 5.18. The molecule has 2 heterocycles. The predicted octanol–water partition coefficient (Wildman–Crippen LogP) is 2.87. The number of aromatic amines is 1. The maximum absolute atomic E-state index is 13.2. The number of nitrogens with zero attached hydrogens (tertiary/aromatic N) is 2. The van der Waals surface area contributed by atoms with Crippen molar-refractivity contribution in [1.29, 1.82) is 0 Å². The quantitative estimate of drug-likeness (QED) is 0.466. The number of aromatic hydroxyl groups is 1. The van der Waals surface area contributed by atoms with Crippen molar-refractivity contribution in [3.63, 3.8) is 0 Å². The van der Waals surface area contributed by atoms with Gasteiger partial charge in [-0.1, -0.05) is 12.1 Å². The number of benzene rings is 2. The minimum absolute atomic E-state index is 0.0899. The topological polar surface area (TPSA) is 136 Å². The fourth-order valence-electron chi connectivity index (χ4n) is 3.79. The van der Waals surface area contributed by atoms with Crippen LogP contribution < -0.4 is 5.32 Å². The van der Waals surface area contributed by atoms with E-state index in [4.69, 9.17) is 9.90 Å². The number of phenolic OH excluding ortho intramolecular Hbond substituents is 1. The minimum Gasteiger partial charge on any atom is -0.508 e. The molecule has 0 bridgehead atoms. The van der Waals surface area contributed by atoms with Crippen LogP contribution in [0, 0.1) is 6.92 Å². The van der Waals surface area contributed by atoms with E-state index in [0.29, 0.717) is 24.3 Å². The third-order valence-corrected chi connectivity index (χ3v) is 5.18. The first-order valence-electron chi connectivity index (χ1n) is 9.90. The Bertz CT molecular complexity index is 1140. The molecule has 2 amide bonds. The van der Waals surface area contributed by atoms with E-state index < -0.39 is 0 Å². The average molecular weight is 436 g/mol. The maximum atomic E-state index is 13.2. The van der Waals surface area contributed by atoms with Gasteiger partial charge < -0.3 is 25.4 Å². The second-order valence-corrected chi connectivity index (χ2v) is 7.42. The van der Waals surface area contributed by atoms with Gasteiger partial charge in [0.1, 0.15) is 5.75 Å². The van der Waals surface area contributed by atoms with Crippen LogP contribution in [0.25, 0.3) is 0 Å². The largest absolute Gasteiger partial charge is 0.508 e. The van der Waals surface area contributed by atoms with Gasteiger partial charge in [0.05, 0.1) is 24.3 Å². The summed E-state index contributed by atoms with van der Waals surface area (Å²) in [6.07, 6.45) is 1.64. The van der Waals surface area contributed by atoms with E-state index in [9.17, 15) is 14.7 Å². The molecule has 1 aliphatic heterocycles. The van der Waals surface area contributed by atoms with Crippen LogP contribution in [0.15, 0.2) is 48.8 Å². The SMILES string of the molecule is CC(=O)Nc1ccc(C(=O)N2Cc3[nH]cnc3C(c3cccc(O)c3)C2)cc1C.O=CO. The summed E-state index contributed by atoms with van der Waals surface area (Å²) in [5.41, 5.74) is 4.79. The lowest BCUT2D eigenvalue weighted by molar-refractivity contribution is -0.123. The first-order chi connectivity index (χ1) is 15.3. The van der Waals surface area contributed by atoms with Gasteiger partial charge in [0.2, 0.25) is 5.91 Å². The highest BCUT2D eigenvalue weighted by Crippen LogP contribution is 2.33. The lowest BCUT2D eigenvalue weighted by Crippen LogP contribution is -2.38. The number of fused-ring (bicyclic) bond motifs is 1. The zero-order chi connectivity index (χ0) is 23.3. The molecule has 1 unspecified atom stereocenters. The first kappa shape index (κ1) is 22.5. The molecule has 2 aromatic carbocycles. The number of H-pyrrole nitrogens is 1. The Morgan fingerprint density at radius 2 is 2.00 bits per heavy atom. The number of aromatic nitrogens is 2. The van der Waals surface area contributed by atoms with E-state index in [1.54, 1.807) is 47.6 Å². The maximum Gasteiger partial charge on any atom is 0.290 e. The summed E-state index contributed by atoms with van der Waals surface area (Å²) in [6.45, 7) is 3.97. The average Bonchev–Trinajstić information content (AvgIpc) is 3.23. The predicted molar refractivity (Wildman–Crippen MR) is 117 cm³/mol. The Morgan fingerprint density at radius 1 is 1.25 bits per heavy atom. The van der Waals surface area contributed by atoms with E-state index in [1.165, 1.54) is 6.92 Å². The van der Waals surface area contributed by atoms with Crippen LogP contribution >= 0.6 is 0 Å². The highest BCUT2D eigenvalue weighted by atomic mass is 16.3. The number of rotatable bonds is 3. The third kappa shape index (κ3) is 4.94. The summed E-state index contributed by atoms with van der Waals surface area (Å²) in [4.78, 5) is 42.2. The zero-order valence-electron chi connectivity index (χ0n) is 17.7. The van der Waals surface area contributed by atoms with Crippen molar-refractivity contribution in [2.24, 2.45) is 0 Å². The molecule has 1 aliphatic rings. The molecule has 0 saturated heterocycles. The number of carboxylic acid groups (broad SMARTS) is 1. The number of hydrogen-bond donors (Lipinski definition) is 4. The Balaban J connectivity index is 0.000000913. The summed E-state index contributed by atoms with van der Waals surface area (Å²) in [5, 5.41) is 19.5. The molecule has 0 spiro atoms. The normalized spacial score (nSPS) is 14.6. The van der Waals surface area contributed by atoms with Crippen molar-refractivity contribution in [3.8, 4) is 5.75 Å². The fourth-order valence-corrected chi connectivity index (χ4v) is 3.79. The van der Waals surface area contributed by atoms with Gasteiger partial charge in [0.15, 0.2) is 0 Å². The second kappa shape index (κ2) is 9.78. The van der Waals surface area contributed by atoms with E-state index in [-0.39, 0.29) is 30.0 Å². The molecule has 4 N–H and O–H groups in total. The van der Waals surface area contributed by atoms with Gasteiger partial charge in [0.25, 0.3) is 12.4 Å². The van der Waals surface area contributed by atoms with Crippen LogP contribution in [-0.4, -0.2) is 49.9 Å². The van der Waals surface area contributed by atoms with Gasteiger partial charge in [-0.3, -0.25) is 14.4 Å². The van der Waals surface area contributed by atoms with Crippen LogP contribution in [0.3, 0.4) is 0 Å². The molecule has 3 aromatic rings. The number of amides is 2. The summed E-state index contributed by atoms with van der Waals surface area (Å²) >= 11 is 0. The van der Waals surface area contributed by atoms with Crippen molar-refractivity contribution < 1.29 is 24.6 Å². The molecule has 32 heavy (non-hydrogen) atoms. The smallest absolute Gasteiger partial charge is 0.290 e. The molecule has 0 radical (unpaired) electrons. The molecule has 9 heteroatoms. The lowest BCUT2D eigenvalue weighted by atomic mass is 9.90. The number of hydrogen-bond acceptors (Lipinski definition) is 5. The molecule has 0 fully saturated rings. The zero-order valence-corrected chi connectivity index (χ0v) is 17.7. The minimum atomic E-state index is -0.250. The Morgan fingerprint density at radius 3 is 2.66 bits per heavy atom. The van der Waals surface area contributed by atoms with Crippen molar-refractivity contribution in [1.82, 2.24) is 14.9 Å². The van der Waals surface area contributed by atoms with Crippen LogP contribution in [0.4, 0.5) is 5.69 Å². The van der Waals surface area contributed by atoms with Gasteiger partial charge in [0, 0.05) is 30.6 Å². The van der Waals surface area contributed by atoms with Gasteiger partial charge in [-0.25, -0.2) is 4.98 Å². The van der Waals surface area contributed by atoms with Gasteiger partial charge in [-0.15, -0.1) is 0 Å². The van der Waals surface area contributed by atoms with Crippen LogP contribution in [-0.2, 0) is 16.1 Å². The van der Waals surface area contributed by atoms with E-state index in [0.717, 1.165) is 22.5 Å². The van der Waals surface area contributed by atoms with Gasteiger partial charge in [-0.05, 0) is 48.4 Å². The number of nitrogens with one attached hydrogen (secondary N) is 2. The summed E-state index contributed by atoms with van der Waals surface area (Å²) in [6, 6.07) is 12.3. The first-order valence-corrected chi connectivity index (χ1v) is 9.90. The fraction of sp³-hybridized carbons (Fsp3) is 0.217. The van der Waals surface area contributed by atoms with Crippen molar-refractivity contribution in [3.05, 3.63) is 76.9 Å². The standard InChI is InChI=1S/C22H22N4O3.CH2O2/c1-13-8-16(6-7-19(13)25-14(2)27)22(29)26-10-18(15-4-3-5-17(28)9-15)21-20(11-26)23-12-24-21;2-1-3/h3-9,12,18,28H,10-11H2,1-2H3,(H,23,24)(H,25,27);1H,(H,2,3). The van der Waals surface area contributed by atoms with Crippen LogP contribution in [0.2, 0.25) is 0 Å². The van der Waals surface area contributed by atoms with E-state index in [1.807, 2.05) is 13.0 Å². The number of anilines is 1. The van der Waals surface area contributed by atoms with Crippen molar-refractivity contribution in [2.75, 3.05) is 11.9 Å². The van der Waals surface area contributed by atoms with Gasteiger partial charge >= 0.3 is 0 Å². The molecule has 9 nitrogen and oxygen atoms in total. The van der Waals surface area contributed by atoms with Crippen LogP contribution in [0.1, 0.15) is 45.7 Å². The lowest BCUT2D eigenvalue weighted by Gasteiger charge is -2.32. The monoisotopic (exact) mass is 436 g/mol. The summed E-state index contributed by atoms with van der Waals surface area (Å²) in [5.74, 6) is -0.176. The van der Waals surface area contributed by atoms with Crippen LogP contribution in [0.5, 0.6) is 5.75 Å². The number of aryl methyl sites for hydroxylation is 1. The molecular weight excluding hydrogens is 412 g/mol.